The zero-order chi connectivity index (χ0) is 22.0. The number of aryl methyl sites for hydroxylation is 1. The van der Waals surface area contributed by atoms with Crippen LogP contribution in [0.25, 0.3) is 11.3 Å². The third-order valence-corrected chi connectivity index (χ3v) is 8.85. The number of piperidine rings is 1. The number of aromatic nitrogens is 1. The molecule has 1 fully saturated rings. The molecule has 0 bridgehead atoms. The van der Waals surface area contributed by atoms with E-state index in [1.165, 1.54) is 0 Å². The number of hydrogen-bond acceptors (Lipinski definition) is 7. The lowest BCUT2D eigenvalue weighted by Gasteiger charge is -2.31. The fourth-order valence-corrected chi connectivity index (χ4v) is 6.44. The van der Waals surface area contributed by atoms with Crippen molar-refractivity contribution >= 4 is 26.3 Å². The van der Waals surface area contributed by atoms with Gasteiger partial charge >= 0.3 is 0 Å². The van der Waals surface area contributed by atoms with Crippen LogP contribution in [0.3, 0.4) is 0 Å². The summed E-state index contributed by atoms with van der Waals surface area (Å²) in [5.74, 6) is 1.34. The summed E-state index contributed by atoms with van der Waals surface area (Å²) < 4.78 is 36.7. The molecule has 0 spiro atoms. The molecule has 0 unspecified atom stereocenters. The molecule has 4 rings (SSSR count). The van der Waals surface area contributed by atoms with Crippen molar-refractivity contribution < 1.29 is 17.9 Å². The van der Waals surface area contributed by atoms with Gasteiger partial charge in [0.15, 0.2) is 26.5 Å². The topological polar surface area (TPSA) is 68.7 Å². The van der Waals surface area contributed by atoms with E-state index in [1.54, 1.807) is 37.7 Å². The van der Waals surface area contributed by atoms with Crippen LogP contribution in [0.2, 0.25) is 0 Å². The lowest BCUT2D eigenvalue weighted by atomic mass is 10.1. The van der Waals surface area contributed by atoms with Gasteiger partial charge in [-0.2, -0.15) is 0 Å². The molecule has 2 heterocycles. The van der Waals surface area contributed by atoms with Gasteiger partial charge in [-0.1, -0.05) is 17.7 Å². The number of thiazole rings is 1. The Kier molecular flexibility index (Phi) is 6.20. The number of rotatable bonds is 6. The van der Waals surface area contributed by atoms with Gasteiger partial charge in [0.2, 0.25) is 0 Å². The molecule has 2 aromatic carbocycles. The fraction of sp³-hybridized carbons (Fsp3) is 0.348. The fourth-order valence-electron chi connectivity index (χ4n) is 3.82. The average Bonchev–Trinajstić information content (AvgIpc) is 3.29. The van der Waals surface area contributed by atoms with E-state index >= 15 is 0 Å². The number of benzene rings is 2. The van der Waals surface area contributed by atoms with Crippen LogP contribution < -0.4 is 14.4 Å². The number of ether oxygens (including phenoxy) is 2. The van der Waals surface area contributed by atoms with Crippen molar-refractivity contribution in [3.8, 4) is 22.8 Å². The Morgan fingerprint density at radius 2 is 1.68 bits per heavy atom. The number of anilines is 1. The summed E-state index contributed by atoms with van der Waals surface area (Å²) in [6.07, 6.45) is 1.20. The number of methoxy groups -OCH3 is 2. The molecular weight excluding hydrogens is 432 g/mol. The van der Waals surface area contributed by atoms with Crippen LogP contribution in [0.5, 0.6) is 11.5 Å². The van der Waals surface area contributed by atoms with Crippen molar-refractivity contribution in [2.75, 3.05) is 32.2 Å². The molecule has 1 saturated heterocycles. The SMILES string of the molecule is COc1ccc(-c2csc(N3CCC(S(=O)(=O)c4ccc(C)cc4)CC3)n2)cc1OC. The van der Waals surface area contributed by atoms with Crippen molar-refractivity contribution in [3.63, 3.8) is 0 Å². The third kappa shape index (κ3) is 4.41. The molecule has 3 aromatic rings. The quantitative estimate of drug-likeness (QED) is 0.539. The van der Waals surface area contributed by atoms with E-state index in [-0.39, 0.29) is 5.25 Å². The lowest BCUT2D eigenvalue weighted by molar-refractivity contribution is 0.355. The summed E-state index contributed by atoms with van der Waals surface area (Å²) >= 11 is 1.57. The monoisotopic (exact) mass is 458 g/mol. The molecule has 0 aliphatic carbocycles. The minimum absolute atomic E-state index is 0.350. The highest BCUT2D eigenvalue weighted by atomic mass is 32.2. The van der Waals surface area contributed by atoms with Crippen LogP contribution in [0.4, 0.5) is 5.13 Å². The molecule has 8 heteroatoms. The minimum atomic E-state index is -3.31. The van der Waals surface area contributed by atoms with Gasteiger partial charge in [-0.05, 0) is 50.1 Å². The highest BCUT2D eigenvalue weighted by Gasteiger charge is 2.32. The first-order chi connectivity index (χ1) is 14.9. The van der Waals surface area contributed by atoms with Gasteiger partial charge in [0, 0.05) is 24.0 Å². The second kappa shape index (κ2) is 8.88. The predicted molar refractivity (Wildman–Crippen MR) is 124 cm³/mol. The molecule has 164 valence electrons. The second-order valence-electron chi connectivity index (χ2n) is 7.63. The van der Waals surface area contributed by atoms with Gasteiger partial charge in [-0.15, -0.1) is 11.3 Å². The van der Waals surface area contributed by atoms with E-state index in [2.05, 4.69) is 4.90 Å². The van der Waals surface area contributed by atoms with Crippen molar-refractivity contribution in [1.29, 1.82) is 0 Å². The van der Waals surface area contributed by atoms with Crippen molar-refractivity contribution in [2.45, 2.75) is 29.9 Å². The lowest BCUT2D eigenvalue weighted by Crippen LogP contribution is -2.39. The largest absolute Gasteiger partial charge is 0.493 e. The van der Waals surface area contributed by atoms with Gasteiger partial charge in [-0.3, -0.25) is 0 Å². The third-order valence-electron chi connectivity index (χ3n) is 5.67. The van der Waals surface area contributed by atoms with Gasteiger partial charge in [0.1, 0.15) is 0 Å². The van der Waals surface area contributed by atoms with Crippen LogP contribution in [-0.4, -0.2) is 46.0 Å². The van der Waals surface area contributed by atoms with Crippen LogP contribution in [0.1, 0.15) is 18.4 Å². The Bertz CT molecular complexity index is 1150. The van der Waals surface area contributed by atoms with Crippen LogP contribution >= 0.6 is 11.3 Å². The Balaban J connectivity index is 1.45. The molecule has 1 aliphatic rings. The first kappa shape index (κ1) is 21.6. The highest BCUT2D eigenvalue weighted by molar-refractivity contribution is 7.92. The van der Waals surface area contributed by atoms with Crippen LogP contribution in [-0.2, 0) is 9.84 Å². The van der Waals surface area contributed by atoms with E-state index in [1.807, 2.05) is 42.6 Å². The second-order valence-corrected chi connectivity index (χ2v) is 10.7. The first-order valence-corrected chi connectivity index (χ1v) is 12.6. The Hall–Kier alpha value is -2.58. The Labute approximate surface area is 187 Å². The Morgan fingerprint density at radius 3 is 2.32 bits per heavy atom. The van der Waals surface area contributed by atoms with Crippen molar-refractivity contribution in [3.05, 3.63) is 53.4 Å². The maximum atomic E-state index is 13.0. The summed E-state index contributed by atoms with van der Waals surface area (Å²) in [6.45, 7) is 3.31. The van der Waals surface area contributed by atoms with Crippen molar-refractivity contribution in [2.24, 2.45) is 0 Å². The maximum absolute atomic E-state index is 13.0. The zero-order valence-electron chi connectivity index (χ0n) is 17.9. The molecule has 0 N–H and O–H groups in total. The van der Waals surface area contributed by atoms with Crippen LogP contribution in [0, 0.1) is 6.92 Å². The summed E-state index contributed by atoms with van der Waals surface area (Å²) in [5.41, 5.74) is 2.88. The molecule has 0 radical (unpaired) electrons. The molecule has 6 nitrogen and oxygen atoms in total. The molecule has 0 atom stereocenters. The molecular formula is C23H26N2O4S2. The molecule has 31 heavy (non-hydrogen) atoms. The number of hydrogen-bond donors (Lipinski definition) is 0. The van der Waals surface area contributed by atoms with E-state index in [0.29, 0.717) is 42.3 Å². The summed E-state index contributed by atoms with van der Waals surface area (Å²) in [4.78, 5) is 7.38. The van der Waals surface area contributed by atoms with Gasteiger partial charge < -0.3 is 14.4 Å². The molecule has 0 amide bonds. The minimum Gasteiger partial charge on any atom is -0.493 e. The molecule has 1 aromatic heterocycles. The summed E-state index contributed by atoms with van der Waals surface area (Å²) in [7, 11) is -0.0797. The van der Waals surface area contributed by atoms with Gasteiger partial charge in [0.25, 0.3) is 0 Å². The average molecular weight is 459 g/mol. The first-order valence-electron chi connectivity index (χ1n) is 10.2. The van der Waals surface area contributed by atoms with Crippen molar-refractivity contribution in [1.82, 2.24) is 4.98 Å². The summed E-state index contributed by atoms with van der Waals surface area (Å²) in [5, 5.41) is 2.58. The van der Waals surface area contributed by atoms with E-state index < -0.39 is 9.84 Å². The maximum Gasteiger partial charge on any atom is 0.185 e. The number of sulfone groups is 1. The van der Waals surface area contributed by atoms with E-state index in [9.17, 15) is 8.42 Å². The smallest absolute Gasteiger partial charge is 0.185 e. The normalized spacial score (nSPS) is 15.1. The standard InChI is InChI=1S/C23H26N2O4S2/c1-16-4-7-18(8-5-16)31(26,27)19-10-12-25(13-11-19)23-24-20(15-30-23)17-6-9-21(28-2)22(14-17)29-3/h4-9,14-15,19H,10-13H2,1-3H3. The van der Waals surface area contributed by atoms with Crippen LogP contribution in [0.15, 0.2) is 52.7 Å². The predicted octanol–water partition coefficient (Wildman–Crippen LogP) is 4.58. The van der Waals surface area contributed by atoms with Gasteiger partial charge in [0.05, 0.1) is 30.1 Å². The number of nitrogens with zero attached hydrogens (tertiary/aromatic N) is 2. The summed E-state index contributed by atoms with van der Waals surface area (Å²) in [6, 6.07) is 12.9. The highest BCUT2D eigenvalue weighted by Crippen LogP contribution is 2.35. The van der Waals surface area contributed by atoms with E-state index in [0.717, 1.165) is 22.0 Å². The Morgan fingerprint density at radius 1 is 1.00 bits per heavy atom. The van der Waals surface area contributed by atoms with Gasteiger partial charge in [-0.25, -0.2) is 13.4 Å². The zero-order valence-corrected chi connectivity index (χ0v) is 19.5. The molecule has 0 saturated carbocycles. The molecule has 1 aliphatic heterocycles. The van der Waals surface area contributed by atoms with E-state index in [4.69, 9.17) is 14.5 Å².